The molecule has 1 aliphatic heterocycles. The molecule has 124 valence electrons. The van der Waals surface area contributed by atoms with E-state index in [-0.39, 0.29) is 0 Å². The highest BCUT2D eigenvalue weighted by Gasteiger charge is 2.06. The van der Waals surface area contributed by atoms with Crippen LogP contribution in [0.2, 0.25) is 0 Å². The van der Waals surface area contributed by atoms with Gasteiger partial charge in [-0.3, -0.25) is 0 Å². The third kappa shape index (κ3) is 3.96. The largest absolute Gasteiger partial charge is 0.370 e. The second kappa shape index (κ2) is 7.21. The summed E-state index contributed by atoms with van der Waals surface area (Å²) in [5.74, 6) is 0.436. The number of rotatable bonds is 4. The number of aliphatic imine (C=N–C) groups is 1. The Morgan fingerprint density at radius 1 is 1.04 bits per heavy atom. The molecule has 3 N–H and O–H groups in total. The average Bonchev–Trinajstić information content (AvgIpc) is 3.11. The minimum absolute atomic E-state index is 0.436. The van der Waals surface area contributed by atoms with E-state index in [1.165, 1.54) is 16.8 Å². The molecule has 0 saturated heterocycles. The number of hydrogen-bond acceptors (Lipinski definition) is 2. The Morgan fingerprint density at radius 2 is 1.75 bits per heavy atom. The molecule has 0 fully saturated rings. The molecule has 0 saturated carbocycles. The first-order valence-electron chi connectivity index (χ1n) is 8.25. The van der Waals surface area contributed by atoms with Gasteiger partial charge in [0.05, 0.1) is 6.54 Å². The summed E-state index contributed by atoms with van der Waals surface area (Å²) in [7, 11) is 0. The number of aryl methyl sites for hydroxylation is 2. The summed E-state index contributed by atoms with van der Waals surface area (Å²) in [6.07, 6.45) is 4.38. The van der Waals surface area contributed by atoms with Gasteiger partial charge in [-0.05, 0) is 54.8 Å². The zero-order valence-corrected chi connectivity index (χ0v) is 14.3. The number of guanidine groups is 1. The van der Waals surface area contributed by atoms with E-state index in [2.05, 4.69) is 77.6 Å². The molecule has 0 amide bonds. The molecule has 24 heavy (non-hydrogen) atoms. The van der Waals surface area contributed by atoms with Crippen molar-refractivity contribution in [2.45, 2.75) is 20.4 Å². The summed E-state index contributed by atoms with van der Waals surface area (Å²) in [5, 5.41) is 3.15. The molecule has 3 rings (SSSR count). The van der Waals surface area contributed by atoms with Gasteiger partial charge in [0.2, 0.25) is 0 Å². The van der Waals surface area contributed by atoms with E-state index < -0.39 is 0 Å². The summed E-state index contributed by atoms with van der Waals surface area (Å²) in [5.41, 5.74) is 11.9. The molecule has 0 atom stereocenters. The molecule has 0 aromatic heterocycles. The maximum atomic E-state index is 5.99. The first-order valence-corrected chi connectivity index (χ1v) is 8.25. The zero-order chi connectivity index (χ0) is 16.9. The van der Waals surface area contributed by atoms with E-state index in [4.69, 9.17) is 5.73 Å². The zero-order valence-electron chi connectivity index (χ0n) is 14.3. The molecule has 0 bridgehead atoms. The number of anilines is 2. The van der Waals surface area contributed by atoms with E-state index in [9.17, 15) is 0 Å². The Labute approximate surface area is 143 Å². The van der Waals surface area contributed by atoms with Crippen LogP contribution in [0.15, 0.2) is 59.6 Å². The molecule has 2 aromatic rings. The van der Waals surface area contributed by atoms with Crippen molar-refractivity contribution in [2.24, 2.45) is 10.7 Å². The molecule has 0 unspecified atom stereocenters. The number of hydrogen-bond donors (Lipinski definition) is 2. The van der Waals surface area contributed by atoms with Crippen molar-refractivity contribution in [3.05, 3.63) is 71.3 Å². The highest BCUT2D eigenvalue weighted by atomic mass is 15.1. The van der Waals surface area contributed by atoms with E-state index >= 15 is 0 Å². The molecular formula is C20H24N4. The van der Waals surface area contributed by atoms with Crippen molar-refractivity contribution in [2.75, 3.05) is 23.3 Å². The number of nitrogens with two attached hydrogens (primary N) is 1. The molecule has 1 heterocycles. The minimum Gasteiger partial charge on any atom is -0.370 e. The average molecular weight is 320 g/mol. The minimum atomic E-state index is 0.436. The molecule has 4 heteroatoms. The molecule has 0 spiro atoms. The van der Waals surface area contributed by atoms with E-state index in [0.29, 0.717) is 12.5 Å². The molecule has 4 nitrogen and oxygen atoms in total. The predicted molar refractivity (Wildman–Crippen MR) is 103 cm³/mol. The van der Waals surface area contributed by atoms with Crippen LogP contribution in [0.25, 0.3) is 0 Å². The quantitative estimate of drug-likeness (QED) is 0.514. The number of benzene rings is 2. The summed E-state index contributed by atoms with van der Waals surface area (Å²) in [6.45, 7) is 6.74. The fourth-order valence-corrected chi connectivity index (χ4v) is 2.68. The van der Waals surface area contributed by atoms with Gasteiger partial charge in [0.1, 0.15) is 0 Å². The SMILES string of the molecule is Cc1ccc(NC(N)=NCc2ccc(N3CC=CC3)cc2)cc1C. The van der Waals surface area contributed by atoms with Crippen LogP contribution in [0.3, 0.4) is 0 Å². The van der Waals surface area contributed by atoms with Crippen LogP contribution in [-0.4, -0.2) is 19.0 Å². The predicted octanol–water partition coefficient (Wildman–Crippen LogP) is 3.61. The van der Waals surface area contributed by atoms with Gasteiger partial charge in [0.25, 0.3) is 0 Å². The second-order valence-electron chi connectivity index (χ2n) is 6.17. The van der Waals surface area contributed by atoms with Gasteiger partial charge in [-0.15, -0.1) is 0 Å². The molecule has 0 radical (unpaired) electrons. The van der Waals surface area contributed by atoms with Crippen LogP contribution in [-0.2, 0) is 6.54 Å². The van der Waals surface area contributed by atoms with Crippen LogP contribution in [0.1, 0.15) is 16.7 Å². The van der Waals surface area contributed by atoms with Gasteiger partial charge < -0.3 is 16.0 Å². The fourth-order valence-electron chi connectivity index (χ4n) is 2.68. The standard InChI is InChI=1S/C20H24N4/c1-15-5-8-18(13-16(15)2)23-20(21)22-14-17-6-9-19(10-7-17)24-11-3-4-12-24/h3-10,13H,11-12,14H2,1-2H3,(H3,21,22,23). The lowest BCUT2D eigenvalue weighted by Crippen LogP contribution is -2.22. The number of nitrogens with zero attached hydrogens (tertiary/aromatic N) is 2. The Hall–Kier alpha value is -2.75. The van der Waals surface area contributed by atoms with E-state index in [0.717, 1.165) is 24.3 Å². The normalized spacial score (nSPS) is 14.2. The van der Waals surface area contributed by atoms with Gasteiger partial charge in [-0.25, -0.2) is 4.99 Å². The van der Waals surface area contributed by atoms with Crippen molar-refractivity contribution < 1.29 is 0 Å². The number of nitrogens with one attached hydrogen (secondary N) is 1. The van der Waals surface area contributed by atoms with Gasteiger partial charge in [0.15, 0.2) is 5.96 Å². The Morgan fingerprint density at radius 3 is 2.42 bits per heavy atom. The Bertz CT molecular complexity index is 752. The second-order valence-corrected chi connectivity index (χ2v) is 6.17. The summed E-state index contributed by atoms with van der Waals surface area (Å²) >= 11 is 0. The van der Waals surface area contributed by atoms with Crippen molar-refractivity contribution in [1.82, 2.24) is 0 Å². The van der Waals surface area contributed by atoms with Gasteiger partial charge in [-0.1, -0.05) is 30.4 Å². The van der Waals surface area contributed by atoms with Gasteiger partial charge >= 0.3 is 0 Å². The third-order valence-corrected chi connectivity index (χ3v) is 4.33. The first-order chi connectivity index (χ1) is 11.6. The summed E-state index contributed by atoms with van der Waals surface area (Å²) in [6, 6.07) is 14.7. The van der Waals surface area contributed by atoms with E-state index in [1.54, 1.807) is 0 Å². The molecule has 0 aliphatic carbocycles. The van der Waals surface area contributed by atoms with Crippen LogP contribution in [0.4, 0.5) is 11.4 Å². The van der Waals surface area contributed by atoms with Crippen molar-refractivity contribution in [1.29, 1.82) is 0 Å². The highest BCUT2D eigenvalue weighted by Crippen LogP contribution is 2.18. The first kappa shape index (κ1) is 16.1. The third-order valence-electron chi connectivity index (χ3n) is 4.33. The monoisotopic (exact) mass is 320 g/mol. The van der Waals surface area contributed by atoms with Crippen LogP contribution in [0, 0.1) is 13.8 Å². The van der Waals surface area contributed by atoms with Crippen LogP contribution >= 0.6 is 0 Å². The Kier molecular flexibility index (Phi) is 4.85. The van der Waals surface area contributed by atoms with Crippen LogP contribution < -0.4 is 16.0 Å². The fraction of sp³-hybridized carbons (Fsp3) is 0.250. The lowest BCUT2D eigenvalue weighted by molar-refractivity contribution is 1.000. The lowest BCUT2D eigenvalue weighted by atomic mass is 10.1. The lowest BCUT2D eigenvalue weighted by Gasteiger charge is -2.17. The maximum Gasteiger partial charge on any atom is 0.193 e. The summed E-state index contributed by atoms with van der Waals surface area (Å²) in [4.78, 5) is 6.75. The van der Waals surface area contributed by atoms with Crippen molar-refractivity contribution >= 4 is 17.3 Å². The topological polar surface area (TPSA) is 53.6 Å². The smallest absolute Gasteiger partial charge is 0.193 e. The molecule has 1 aliphatic rings. The van der Waals surface area contributed by atoms with Crippen molar-refractivity contribution in [3.63, 3.8) is 0 Å². The summed E-state index contributed by atoms with van der Waals surface area (Å²) < 4.78 is 0. The van der Waals surface area contributed by atoms with E-state index in [1.807, 2.05) is 6.07 Å². The van der Waals surface area contributed by atoms with Crippen LogP contribution in [0.5, 0.6) is 0 Å². The molecule has 2 aromatic carbocycles. The van der Waals surface area contributed by atoms with Crippen molar-refractivity contribution in [3.8, 4) is 0 Å². The Balaban J connectivity index is 1.58. The van der Waals surface area contributed by atoms with Gasteiger partial charge in [-0.2, -0.15) is 0 Å². The maximum absolute atomic E-state index is 5.99. The highest BCUT2D eigenvalue weighted by molar-refractivity contribution is 5.92. The molecular weight excluding hydrogens is 296 g/mol. The van der Waals surface area contributed by atoms with Gasteiger partial charge in [0, 0.05) is 24.5 Å².